The summed E-state index contributed by atoms with van der Waals surface area (Å²) >= 11 is 0. The Morgan fingerprint density at radius 3 is 2.60 bits per heavy atom. The summed E-state index contributed by atoms with van der Waals surface area (Å²) in [4.78, 5) is 28.3. The van der Waals surface area contributed by atoms with Crippen LogP contribution in [0.1, 0.15) is 18.4 Å². The van der Waals surface area contributed by atoms with Crippen LogP contribution in [-0.2, 0) is 11.2 Å². The molecule has 2 aromatic carbocycles. The molecule has 1 saturated carbocycles. The van der Waals surface area contributed by atoms with Crippen LogP contribution in [0.25, 0.3) is 0 Å². The second-order valence-corrected chi connectivity index (χ2v) is 8.35. The fourth-order valence-electron chi connectivity index (χ4n) is 4.65. The molecule has 2 atom stereocenters. The van der Waals surface area contributed by atoms with E-state index in [2.05, 4.69) is 15.1 Å². The number of rotatable bonds is 4. The van der Waals surface area contributed by atoms with E-state index >= 15 is 0 Å². The van der Waals surface area contributed by atoms with Crippen molar-refractivity contribution in [2.75, 3.05) is 29.4 Å². The number of amides is 1. The van der Waals surface area contributed by atoms with Crippen LogP contribution in [0.3, 0.4) is 0 Å². The molecule has 3 aliphatic rings. The highest BCUT2D eigenvalue weighted by molar-refractivity contribution is 5.83. The SMILES string of the molecule is O=C(NC1CC1)C1Cc2cc([N+](=O)[O-])ccc2N2CCN(c3ccc(F)cc3)CC12. The van der Waals surface area contributed by atoms with E-state index in [9.17, 15) is 19.3 Å². The highest BCUT2D eigenvalue weighted by Gasteiger charge is 2.43. The van der Waals surface area contributed by atoms with Crippen molar-refractivity contribution in [3.05, 3.63) is 64.0 Å². The molecular formula is C22H23FN4O3. The number of anilines is 2. The van der Waals surface area contributed by atoms with Crippen LogP contribution in [0, 0.1) is 21.8 Å². The number of nitrogens with one attached hydrogen (secondary N) is 1. The number of piperazine rings is 1. The number of carbonyl (C=O) groups excluding carboxylic acids is 1. The van der Waals surface area contributed by atoms with E-state index in [1.807, 2.05) is 6.07 Å². The van der Waals surface area contributed by atoms with Crippen LogP contribution in [0.2, 0.25) is 0 Å². The molecule has 0 aromatic heterocycles. The lowest BCUT2D eigenvalue weighted by atomic mass is 9.83. The number of hydrogen-bond acceptors (Lipinski definition) is 5. The highest BCUT2D eigenvalue weighted by Crippen LogP contribution is 2.39. The number of carbonyl (C=O) groups is 1. The number of non-ortho nitro benzene ring substituents is 1. The average Bonchev–Trinajstić information content (AvgIpc) is 3.56. The van der Waals surface area contributed by atoms with E-state index in [1.54, 1.807) is 18.2 Å². The first-order valence-electron chi connectivity index (χ1n) is 10.3. The molecule has 156 valence electrons. The summed E-state index contributed by atoms with van der Waals surface area (Å²) in [5.74, 6) is -0.541. The summed E-state index contributed by atoms with van der Waals surface area (Å²) in [6.07, 6.45) is 2.50. The van der Waals surface area contributed by atoms with Crippen molar-refractivity contribution in [3.8, 4) is 0 Å². The maximum atomic E-state index is 13.3. The molecule has 0 radical (unpaired) electrons. The molecule has 2 aromatic rings. The van der Waals surface area contributed by atoms with Crippen LogP contribution in [0.4, 0.5) is 21.5 Å². The predicted molar refractivity (Wildman–Crippen MR) is 111 cm³/mol. The average molecular weight is 410 g/mol. The highest BCUT2D eigenvalue weighted by atomic mass is 19.1. The van der Waals surface area contributed by atoms with Gasteiger partial charge in [-0.2, -0.15) is 0 Å². The fourth-order valence-corrected chi connectivity index (χ4v) is 4.65. The molecule has 5 rings (SSSR count). The smallest absolute Gasteiger partial charge is 0.269 e. The lowest BCUT2D eigenvalue weighted by molar-refractivity contribution is -0.384. The molecule has 2 fully saturated rings. The van der Waals surface area contributed by atoms with Gasteiger partial charge >= 0.3 is 0 Å². The monoisotopic (exact) mass is 410 g/mol. The zero-order chi connectivity index (χ0) is 20.8. The van der Waals surface area contributed by atoms with Gasteiger partial charge in [-0.05, 0) is 55.2 Å². The van der Waals surface area contributed by atoms with Crippen molar-refractivity contribution in [2.45, 2.75) is 31.3 Å². The van der Waals surface area contributed by atoms with E-state index in [-0.39, 0.29) is 35.4 Å². The van der Waals surface area contributed by atoms with Crippen molar-refractivity contribution < 1.29 is 14.1 Å². The van der Waals surface area contributed by atoms with Gasteiger partial charge in [0.25, 0.3) is 5.69 Å². The molecule has 30 heavy (non-hydrogen) atoms. The van der Waals surface area contributed by atoms with Gasteiger partial charge in [0.15, 0.2) is 0 Å². The van der Waals surface area contributed by atoms with Gasteiger partial charge in [0.2, 0.25) is 5.91 Å². The van der Waals surface area contributed by atoms with Crippen molar-refractivity contribution in [1.29, 1.82) is 0 Å². The Morgan fingerprint density at radius 2 is 1.90 bits per heavy atom. The third kappa shape index (κ3) is 3.46. The van der Waals surface area contributed by atoms with Crippen LogP contribution in [0.15, 0.2) is 42.5 Å². The van der Waals surface area contributed by atoms with Gasteiger partial charge < -0.3 is 15.1 Å². The normalized spacial score (nSPS) is 22.8. The summed E-state index contributed by atoms with van der Waals surface area (Å²) in [5.41, 5.74) is 2.82. The minimum atomic E-state index is -0.391. The van der Waals surface area contributed by atoms with Gasteiger partial charge in [-0.1, -0.05) is 0 Å². The topological polar surface area (TPSA) is 78.7 Å². The zero-order valence-electron chi connectivity index (χ0n) is 16.5. The summed E-state index contributed by atoms with van der Waals surface area (Å²) in [5, 5.41) is 14.4. The van der Waals surface area contributed by atoms with E-state index in [1.165, 1.54) is 18.2 Å². The van der Waals surface area contributed by atoms with Crippen LogP contribution >= 0.6 is 0 Å². The number of fused-ring (bicyclic) bond motifs is 3. The van der Waals surface area contributed by atoms with Gasteiger partial charge in [-0.15, -0.1) is 0 Å². The van der Waals surface area contributed by atoms with E-state index < -0.39 is 4.92 Å². The van der Waals surface area contributed by atoms with Gasteiger partial charge in [0, 0.05) is 49.2 Å². The third-order valence-corrected chi connectivity index (χ3v) is 6.36. The predicted octanol–water partition coefficient (Wildman–Crippen LogP) is 2.88. The lowest BCUT2D eigenvalue weighted by Gasteiger charge is -2.49. The molecule has 1 aliphatic carbocycles. The Morgan fingerprint density at radius 1 is 1.13 bits per heavy atom. The van der Waals surface area contributed by atoms with Crippen molar-refractivity contribution in [3.63, 3.8) is 0 Å². The second kappa shape index (κ2) is 7.27. The van der Waals surface area contributed by atoms with Gasteiger partial charge in [0.1, 0.15) is 5.82 Å². The molecule has 1 saturated heterocycles. The van der Waals surface area contributed by atoms with E-state index in [0.29, 0.717) is 19.5 Å². The first kappa shape index (κ1) is 18.8. The summed E-state index contributed by atoms with van der Waals surface area (Å²) in [7, 11) is 0. The van der Waals surface area contributed by atoms with E-state index in [4.69, 9.17) is 0 Å². The molecule has 1 amide bonds. The number of nitro benzene ring substituents is 1. The zero-order valence-corrected chi connectivity index (χ0v) is 16.5. The van der Waals surface area contributed by atoms with Crippen molar-refractivity contribution in [1.82, 2.24) is 5.32 Å². The number of benzene rings is 2. The standard InChI is InChI=1S/C22H23FN4O3/c23-15-1-5-17(6-2-15)25-9-10-26-20-8-7-18(27(29)30)11-14(20)12-19(21(26)13-25)22(28)24-16-3-4-16/h1-2,5-8,11,16,19,21H,3-4,9-10,12-13H2,(H,24,28). The number of halogens is 1. The molecular weight excluding hydrogens is 387 g/mol. The third-order valence-electron chi connectivity index (χ3n) is 6.36. The van der Waals surface area contributed by atoms with Crippen molar-refractivity contribution in [2.24, 2.45) is 5.92 Å². The Hall–Kier alpha value is -3.16. The summed E-state index contributed by atoms with van der Waals surface area (Å²) in [6, 6.07) is 11.6. The first-order chi connectivity index (χ1) is 14.5. The number of nitro groups is 1. The summed E-state index contributed by atoms with van der Waals surface area (Å²) in [6.45, 7) is 2.07. The second-order valence-electron chi connectivity index (χ2n) is 8.35. The number of hydrogen-bond donors (Lipinski definition) is 1. The molecule has 0 bridgehead atoms. The van der Waals surface area contributed by atoms with Crippen LogP contribution in [-0.4, -0.2) is 42.5 Å². The molecule has 7 nitrogen and oxygen atoms in total. The Kier molecular flexibility index (Phi) is 4.56. The van der Waals surface area contributed by atoms with Crippen molar-refractivity contribution >= 4 is 23.0 Å². The quantitative estimate of drug-likeness (QED) is 0.619. The molecule has 2 aliphatic heterocycles. The minimum absolute atomic E-state index is 0.0191. The summed E-state index contributed by atoms with van der Waals surface area (Å²) < 4.78 is 13.3. The van der Waals surface area contributed by atoms with E-state index in [0.717, 1.165) is 36.3 Å². The van der Waals surface area contributed by atoms with Gasteiger partial charge in [-0.3, -0.25) is 14.9 Å². The number of nitrogens with zero attached hydrogens (tertiary/aromatic N) is 3. The Bertz CT molecular complexity index is 992. The molecule has 8 heteroatoms. The Balaban J connectivity index is 1.47. The van der Waals surface area contributed by atoms with Gasteiger partial charge in [0.05, 0.1) is 16.9 Å². The molecule has 0 spiro atoms. The largest absolute Gasteiger partial charge is 0.368 e. The first-order valence-corrected chi connectivity index (χ1v) is 10.3. The van der Waals surface area contributed by atoms with Crippen LogP contribution in [0.5, 0.6) is 0 Å². The molecule has 2 heterocycles. The van der Waals surface area contributed by atoms with Crippen LogP contribution < -0.4 is 15.1 Å². The minimum Gasteiger partial charge on any atom is -0.368 e. The molecule has 2 unspecified atom stereocenters. The van der Waals surface area contributed by atoms with Gasteiger partial charge in [-0.25, -0.2) is 4.39 Å². The molecule has 1 N–H and O–H groups in total. The maximum absolute atomic E-state index is 13.3. The Labute approximate surface area is 173 Å². The fraction of sp³-hybridized carbons (Fsp3) is 0.409. The lowest BCUT2D eigenvalue weighted by Crippen LogP contribution is -2.61. The maximum Gasteiger partial charge on any atom is 0.269 e.